The monoisotopic (exact) mass is 279 g/mol. The molecular formula is C13H14ClN3S. The van der Waals surface area contributed by atoms with Crippen LogP contribution in [0.25, 0.3) is 0 Å². The van der Waals surface area contributed by atoms with Crippen LogP contribution in [0.1, 0.15) is 22.5 Å². The highest BCUT2D eigenvalue weighted by molar-refractivity contribution is 7.80. The number of aryl methyl sites for hydroxylation is 1. The van der Waals surface area contributed by atoms with Gasteiger partial charge in [-0.1, -0.05) is 48.1 Å². The van der Waals surface area contributed by atoms with E-state index in [9.17, 15) is 0 Å². The molecule has 0 bridgehead atoms. The molecule has 0 aliphatic heterocycles. The van der Waals surface area contributed by atoms with Gasteiger partial charge in [0.15, 0.2) is 0 Å². The number of nitrogens with zero attached hydrogens (tertiary/aromatic N) is 2. The van der Waals surface area contributed by atoms with Crippen LogP contribution in [-0.4, -0.2) is 14.8 Å². The highest BCUT2D eigenvalue weighted by Gasteiger charge is 2.11. The molecule has 5 heteroatoms. The topological polar surface area (TPSA) is 43.8 Å². The molecule has 0 saturated carbocycles. The van der Waals surface area contributed by atoms with Gasteiger partial charge in [0, 0.05) is 5.56 Å². The van der Waals surface area contributed by atoms with Crippen LogP contribution in [0.15, 0.2) is 24.3 Å². The first kappa shape index (κ1) is 13.1. The molecule has 94 valence electrons. The van der Waals surface area contributed by atoms with Crippen molar-refractivity contribution in [3.05, 3.63) is 51.8 Å². The molecular weight excluding hydrogens is 266 g/mol. The van der Waals surface area contributed by atoms with Crippen LogP contribution in [0.5, 0.6) is 0 Å². The third-order valence-electron chi connectivity index (χ3n) is 2.90. The lowest BCUT2D eigenvalue weighted by atomic mass is 10.1. The standard InChI is InChI=1S/C13H14ClN3S/c1-8-12(14)9(2)17(16-8)7-10-5-3-4-6-11(10)13(15)18/h3-6H,7H2,1-2H3,(H2,15,18). The number of halogens is 1. The molecule has 0 fully saturated rings. The Kier molecular flexibility index (Phi) is 3.68. The Bertz CT molecular complexity index is 604. The molecule has 1 aromatic carbocycles. The van der Waals surface area contributed by atoms with Gasteiger partial charge < -0.3 is 5.73 Å². The average Bonchev–Trinajstić information content (AvgIpc) is 2.57. The van der Waals surface area contributed by atoms with Crippen LogP contribution in [0.2, 0.25) is 5.02 Å². The summed E-state index contributed by atoms with van der Waals surface area (Å²) in [5, 5.41) is 5.12. The number of aromatic nitrogens is 2. The van der Waals surface area contributed by atoms with Crippen molar-refractivity contribution in [3.8, 4) is 0 Å². The van der Waals surface area contributed by atoms with Gasteiger partial charge >= 0.3 is 0 Å². The molecule has 1 aromatic heterocycles. The lowest BCUT2D eigenvalue weighted by Gasteiger charge is -2.09. The van der Waals surface area contributed by atoms with E-state index in [1.165, 1.54) is 0 Å². The van der Waals surface area contributed by atoms with E-state index in [1.54, 1.807) is 0 Å². The molecule has 0 amide bonds. The van der Waals surface area contributed by atoms with Crippen LogP contribution in [-0.2, 0) is 6.54 Å². The van der Waals surface area contributed by atoms with Gasteiger partial charge in [-0.3, -0.25) is 4.68 Å². The molecule has 2 N–H and O–H groups in total. The van der Waals surface area contributed by atoms with Crippen LogP contribution < -0.4 is 5.73 Å². The molecule has 2 rings (SSSR count). The zero-order chi connectivity index (χ0) is 13.3. The summed E-state index contributed by atoms with van der Waals surface area (Å²) in [5.74, 6) is 0. The smallest absolute Gasteiger partial charge is 0.104 e. The van der Waals surface area contributed by atoms with E-state index in [0.29, 0.717) is 16.6 Å². The quantitative estimate of drug-likeness (QED) is 0.879. The van der Waals surface area contributed by atoms with Crippen molar-refractivity contribution in [2.45, 2.75) is 20.4 Å². The van der Waals surface area contributed by atoms with Crippen LogP contribution in [0.4, 0.5) is 0 Å². The van der Waals surface area contributed by atoms with E-state index in [0.717, 1.165) is 22.5 Å². The number of thiocarbonyl (C=S) groups is 1. The molecule has 2 aromatic rings. The highest BCUT2D eigenvalue weighted by atomic mass is 35.5. The number of benzene rings is 1. The maximum Gasteiger partial charge on any atom is 0.104 e. The second kappa shape index (κ2) is 5.08. The molecule has 0 aliphatic carbocycles. The zero-order valence-corrected chi connectivity index (χ0v) is 11.8. The maximum atomic E-state index is 6.13. The van der Waals surface area contributed by atoms with Gasteiger partial charge in [-0.15, -0.1) is 0 Å². The van der Waals surface area contributed by atoms with Crippen molar-refractivity contribution >= 4 is 28.8 Å². The third-order valence-corrected chi connectivity index (χ3v) is 3.66. The normalized spacial score (nSPS) is 10.6. The SMILES string of the molecule is Cc1nn(Cc2ccccc2C(N)=S)c(C)c1Cl. The summed E-state index contributed by atoms with van der Waals surface area (Å²) in [6.07, 6.45) is 0. The van der Waals surface area contributed by atoms with Gasteiger partial charge in [0.05, 0.1) is 23.0 Å². The number of hydrogen-bond donors (Lipinski definition) is 1. The van der Waals surface area contributed by atoms with E-state index in [1.807, 2.05) is 42.8 Å². The summed E-state index contributed by atoms with van der Waals surface area (Å²) in [6, 6.07) is 7.81. The summed E-state index contributed by atoms with van der Waals surface area (Å²) in [5.41, 5.74) is 9.44. The maximum absolute atomic E-state index is 6.13. The first-order chi connectivity index (χ1) is 8.50. The summed E-state index contributed by atoms with van der Waals surface area (Å²) >= 11 is 11.2. The fraction of sp³-hybridized carbons (Fsp3) is 0.231. The Morgan fingerprint density at radius 3 is 2.61 bits per heavy atom. The minimum absolute atomic E-state index is 0.401. The van der Waals surface area contributed by atoms with Crippen molar-refractivity contribution in [2.75, 3.05) is 0 Å². The molecule has 18 heavy (non-hydrogen) atoms. The van der Waals surface area contributed by atoms with Gasteiger partial charge in [0.1, 0.15) is 4.99 Å². The van der Waals surface area contributed by atoms with Gasteiger partial charge in [0.25, 0.3) is 0 Å². The van der Waals surface area contributed by atoms with Crippen LogP contribution >= 0.6 is 23.8 Å². The summed E-state index contributed by atoms with van der Waals surface area (Å²) in [4.78, 5) is 0.401. The molecule has 0 atom stereocenters. The highest BCUT2D eigenvalue weighted by Crippen LogP contribution is 2.20. The molecule has 0 radical (unpaired) electrons. The van der Waals surface area contributed by atoms with Gasteiger partial charge in [-0.2, -0.15) is 5.10 Å². The van der Waals surface area contributed by atoms with Gasteiger partial charge in [0.2, 0.25) is 0 Å². The summed E-state index contributed by atoms with van der Waals surface area (Å²) < 4.78 is 1.87. The van der Waals surface area contributed by atoms with E-state index < -0.39 is 0 Å². The molecule has 0 saturated heterocycles. The third kappa shape index (κ3) is 2.40. The van der Waals surface area contributed by atoms with Crippen molar-refractivity contribution in [3.63, 3.8) is 0 Å². The van der Waals surface area contributed by atoms with Crippen LogP contribution in [0, 0.1) is 13.8 Å². The minimum Gasteiger partial charge on any atom is -0.389 e. The summed E-state index contributed by atoms with van der Waals surface area (Å²) in [7, 11) is 0. The Labute approximate surface area is 117 Å². The van der Waals surface area contributed by atoms with Crippen molar-refractivity contribution < 1.29 is 0 Å². The lowest BCUT2D eigenvalue weighted by Crippen LogP contribution is -2.14. The molecule has 0 aliphatic rings. The molecule has 1 heterocycles. The Morgan fingerprint density at radius 1 is 1.39 bits per heavy atom. The molecule has 0 spiro atoms. The minimum atomic E-state index is 0.401. The summed E-state index contributed by atoms with van der Waals surface area (Å²) in [6.45, 7) is 4.46. The second-order valence-electron chi connectivity index (χ2n) is 4.16. The predicted molar refractivity (Wildman–Crippen MR) is 78.1 cm³/mol. The Hall–Kier alpha value is -1.39. The van der Waals surface area contributed by atoms with Crippen molar-refractivity contribution in [2.24, 2.45) is 5.73 Å². The van der Waals surface area contributed by atoms with Gasteiger partial charge in [-0.05, 0) is 19.4 Å². The number of rotatable bonds is 3. The van der Waals surface area contributed by atoms with E-state index in [2.05, 4.69) is 5.10 Å². The zero-order valence-electron chi connectivity index (χ0n) is 10.3. The molecule has 3 nitrogen and oxygen atoms in total. The van der Waals surface area contributed by atoms with E-state index in [4.69, 9.17) is 29.6 Å². The fourth-order valence-corrected chi connectivity index (χ4v) is 2.22. The van der Waals surface area contributed by atoms with Gasteiger partial charge in [-0.25, -0.2) is 0 Å². The van der Waals surface area contributed by atoms with Crippen molar-refractivity contribution in [1.29, 1.82) is 0 Å². The average molecular weight is 280 g/mol. The predicted octanol–water partition coefficient (Wildman–Crippen LogP) is 2.84. The number of nitrogens with two attached hydrogens (primary N) is 1. The lowest BCUT2D eigenvalue weighted by molar-refractivity contribution is 0.658. The first-order valence-electron chi connectivity index (χ1n) is 5.58. The Balaban J connectivity index is 2.40. The number of hydrogen-bond acceptors (Lipinski definition) is 2. The second-order valence-corrected chi connectivity index (χ2v) is 4.98. The molecule has 0 unspecified atom stereocenters. The first-order valence-corrected chi connectivity index (χ1v) is 6.36. The largest absolute Gasteiger partial charge is 0.389 e. The van der Waals surface area contributed by atoms with Crippen LogP contribution in [0.3, 0.4) is 0 Å². The Morgan fingerprint density at radius 2 is 2.06 bits per heavy atom. The van der Waals surface area contributed by atoms with Crippen molar-refractivity contribution in [1.82, 2.24) is 9.78 Å². The van der Waals surface area contributed by atoms with E-state index >= 15 is 0 Å². The van der Waals surface area contributed by atoms with E-state index in [-0.39, 0.29) is 0 Å². The fourth-order valence-electron chi connectivity index (χ4n) is 1.89.